The molecule has 18 heavy (non-hydrogen) atoms. The molecule has 2 rings (SSSR count). The van der Waals surface area contributed by atoms with E-state index in [1.807, 2.05) is 0 Å². The molecule has 1 aromatic carbocycles. The molecule has 0 radical (unpaired) electrons. The molecule has 2 aromatic rings. The molecule has 0 atom stereocenters. The smallest absolute Gasteiger partial charge is 0.163 e. The SMILES string of the molecule is CC(=O)c1ccc(F)cc1OCc1cnn(C)c1. The number of rotatable bonds is 4. The quantitative estimate of drug-likeness (QED) is 0.780. The first-order valence-electron chi connectivity index (χ1n) is 5.47. The summed E-state index contributed by atoms with van der Waals surface area (Å²) in [6.07, 6.45) is 3.46. The highest BCUT2D eigenvalue weighted by molar-refractivity contribution is 5.96. The molecule has 0 saturated carbocycles. The maximum atomic E-state index is 13.1. The number of halogens is 1. The number of hydrogen-bond donors (Lipinski definition) is 0. The van der Waals surface area contributed by atoms with Crippen molar-refractivity contribution in [3.8, 4) is 5.75 Å². The number of aryl methyl sites for hydroxylation is 1. The number of ketones is 1. The van der Waals surface area contributed by atoms with Crippen molar-refractivity contribution in [1.82, 2.24) is 9.78 Å². The van der Waals surface area contributed by atoms with Crippen molar-refractivity contribution >= 4 is 5.78 Å². The molecule has 0 saturated heterocycles. The van der Waals surface area contributed by atoms with Crippen LogP contribution in [-0.2, 0) is 13.7 Å². The number of hydrogen-bond acceptors (Lipinski definition) is 3. The summed E-state index contributed by atoms with van der Waals surface area (Å²) in [5.41, 5.74) is 1.23. The van der Waals surface area contributed by atoms with Crippen LogP contribution < -0.4 is 4.74 Å². The second-order valence-corrected chi connectivity index (χ2v) is 4.01. The topological polar surface area (TPSA) is 44.1 Å². The predicted octanol–water partition coefficient (Wildman–Crippen LogP) is 2.34. The van der Waals surface area contributed by atoms with Crippen molar-refractivity contribution in [2.45, 2.75) is 13.5 Å². The number of benzene rings is 1. The molecule has 0 aliphatic rings. The Hall–Kier alpha value is -2.17. The summed E-state index contributed by atoms with van der Waals surface area (Å²) < 4.78 is 20.2. The first-order chi connectivity index (χ1) is 8.56. The number of Topliss-reactive ketones (excluding diaryl/α,β-unsaturated/α-hetero) is 1. The van der Waals surface area contributed by atoms with E-state index in [0.29, 0.717) is 5.56 Å². The van der Waals surface area contributed by atoms with Crippen molar-refractivity contribution in [3.63, 3.8) is 0 Å². The molecule has 4 nitrogen and oxygen atoms in total. The van der Waals surface area contributed by atoms with Crippen LogP contribution in [0.2, 0.25) is 0 Å². The lowest BCUT2D eigenvalue weighted by Gasteiger charge is -2.08. The summed E-state index contributed by atoms with van der Waals surface area (Å²) in [5.74, 6) is -0.330. The molecular formula is C13H13FN2O2. The van der Waals surface area contributed by atoms with Gasteiger partial charge in [0.25, 0.3) is 0 Å². The Balaban J connectivity index is 2.17. The van der Waals surface area contributed by atoms with Gasteiger partial charge in [0, 0.05) is 24.9 Å². The lowest BCUT2D eigenvalue weighted by Crippen LogP contribution is -2.01. The molecule has 5 heteroatoms. The van der Waals surface area contributed by atoms with E-state index in [1.54, 1.807) is 24.1 Å². The van der Waals surface area contributed by atoms with Gasteiger partial charge in [0.2, 0.25) is 0 Å². The molecule has 0 unspecified atom stereocenters. The Morgan fingerprint density at radius 2 is 2.28 bits per heavy atom. The molecule has 0 bridgehead atoms. The summed E-state index contributed by atoms with van der Waals surface area (Å²) in [5, 5.41) is 4.00. The number of carbonyl (C=O) groups excluding carboxylic acids is 1. The fourth-order valence-electron chi connectivity index (χ4n) is 1.61. The maximum absolute atomic E-state index is 13.1. The molecule has 1 aromatic heterocycles. The molecule has 0 aliphatic heterocycles. The van der Waals surface area contributed by atoms with Crippen LogP contribution in [-0.4, -0.2) is 15.6 Å². The number of ether oxygens (including phenoxy) is 1. The van der Waals surface area contributed by atoms with Gasteiger partial charge in [0.1, 0.15) is 18.2 Å². The Morgan fingerprint density at radius 1 is 1.50 bits per heavy atom. The predicted molar refractivity (Wildman–Crippen MR) is 63.9 cm³/mol. The lowest BCUT2D eigenvalue weighted by atomic mass is 10.1. The minimum Gasteiger partial charge on any atom is -0.488 e. The van der Waals surface area contributed by atoms with Crippen LogP contribution in [0.15, 0.2) is 30.6 Å². The van der Waals surface area contributed by atoms with Crippen molar-refractivity contribution in [2.24, 2.45) is 7.05 Å². The third kappa shape index (κ3) is 2.74. The maximum Gasteiger partial charge on any atom is 0.163 e. The highest BCUT2D eigenvalue weighted by Crippen LogP contribution is 2.21. The molecule has 1 heterocycles. The van der Waals surface area contributed by atoms with Crippen LogP contribution in [0.4, 0.5) is 4.39 Å². The van der Waals surface area contributed by atoms with Gasteiger partial charge in [0.15, 0.2) is 5.78 Å². The van der Waals surface area contributed by atoms with Crippen LogP contribution in [0.3, 0.4) is 0 Å². The Labute approximate surface area is 104 Å². The molecule has 0 N–H and O–H groups in total. The van der Waals surface area contributed by atoms with E-state index in [4.69, 9.17) is 4.74 Å². The monoisotopic (exact) mass is 248 g/mol. The molecule has 0 fully saturated rings. The third-order valence-corrected chi connectivity index (χ3v) is 2.48. The second kappa shape index (κ2) is 5.00. The summed E-state index contributed by atoms with van der Waals surface area (Å²) in [7, 11) is 1.80. The Morgan fingerprint density at radius 3 is 2.89 bits per heavy atom. The van der Waals surface area contributed by atoms with E-state index >= 15 is 0 Å². The van der Waals surface area contributed by atoms with Gasteiger partial charge >= 0.3 is 0 Å². The second-order valence-electron chi connectivity index (χ2n) is 4.01. The highest BCUT2D eigenvalue weighted by Gasteiger charge is 2.10. The fraction of sp³-hybridized carbons (Fsp3) is 0.231. The van der Waals surface area contributed by atoms with Crippen molar-refractivity contribution in [3.05, 3.63) is 47.5 Å². The van der Waals surface area contributed by atoms with Gasteiger partial charge in [-0.25, -0.2) is 4.39 Å². The third-order valence-electron chi connectivity index (χ3n) is 2.48. The van der Waals surface area contributed by atoms with Gasteiger partial charge in [0.05, 0.1) is 11.8 Å². The molecular weight excluding hydrogens is 235 g/mol. The van der Waals surface area contributed by atoms with E-state index in [1.165, 1.54) is 25.1 Å². The van der Waals surface area contributed by atoms with E-state index in [9.17, 15) is 9.18 Å². The molecule has 0 spiro atoms. The van der Waals surface area contributed by atoms with Crippen molar-refractivity contribution < 1.29 is 13.9 Å². The van der Waals surface area contributed by atoms with E-state index in [-0.39, 0.29) is 18.1 Å². The number of nitrogens with zero attached hydrogens (tertiary/aromatic N) is 2. The van der Waals surface area contributed by atoms with Crippen LogP contribution in [0.25, 0.3) is 0 Å². The summed E-state index contributed by atoms with van der Waals surface area (Å²) >= 11 is 0. The van der Waals surface area contributed by atoms with Crippen LogP contribution in [0, 0.1) is 5.82 Å². The number of carbonyl (C=O) groups is 1. The van der Waals surface area contributed by atoms with Gasteiger partial charge < -0.3 is 4.74 Å². The fourth-order valence-corrected chi connectivity index (χ4v) is 1.61. The van der Waals surface area contributed by atoms with Crippen LogP contribution >= 0.6 is 0 Å². The largest absolute Gasteiger partial charge is 0.488 e. The number of aromatic nitrogens is 2. The molecule has 94 valence electrons. The lowest BCUT2D eigenvalue weighted by molar-refractivity contribution is 0.101. The minimum atomic E-state index is -0.429. The first kappa shape index (κ1) is 12.3. The first-order valence-corrected chi connectivity index (χ1v) is 5.47. The average Bonchev–Trinajstić information content (AvgIpc) is 2.72. The Kier molecular flexibility index (Phi) is 3.41. The average molecular weight is 248 g/mol. The zero-order valence-electron chi connectivity index (χ0n) is 10.2. The van der Waals surface area contributed by atoms with Gasteiger partial charge in [-0.05, 0) is 19.1 Å². The van der Waals surface area contributed by atoms with E-state index < -0.39 is 5.82 Å². The standard InChI is InChI=1S/C13H13FN2O2/c1-9(17)12-4-3-11(14)5-13(12)18-8-10-6-15-16(2)7-10/h3-7H,8H2,1-2H3. The van der Waals surface area contributed by atoms with Gasteiger partial charge in [-0.1, -0.05) is 0 Å². The molecule has 0 amide bonds. The normalized spacial score (nSPS) is 10.4. The van der Waals surface area contributed by atoms with Gasteiger partial charge in [-0.2, -0.15) is 5.10 Å². The van der Waals surface area contributed by atoms with E-state index in [2.05, 4.69) is 5.10 Å². The van der Waals surface area contributed by atoms with Crippen molar-refractivity contribution in [1.29, 1.82) is 0 Å². The summed E-state index contributed by atoms with van der Waals surface area (Å²) in [6, 6.07) is 3.89. The Bertz CT molecular complexity index is 578. The van der Waals surface area contributed by atoms with E-state index in [0.717, 1.165) is 5.56 Å². The molecule has 0 aliphatic carbocycles. The highest BCUT2D eigenvalue weighted by atomic mass is 19.1. The van der Waals surface area contributed by atoms with Crippen LogP contribution in [0.1, 0.15) is 22.8 Å². The van der Waals surface area contributed by atoms with Crippen molar-refractivity contribution in [2.75, 3.05) is 0 Å². The van der Waals surface area contributed by atoms with Gasteiger partial charge in [-0.15, -0.1) is 0 Å². The minimum absolute atomic E-state index is 0.156. The summed E-state index contributed by atoms with van der Waals surface area (Å²) in [4.78, 5) is 11.4. The zero-order chi connectivity index (χ0) is 13.1. The zero-order valence-corrected chi connectivity index (χ0v) is 10.2. The summed E-state index contributed by atoms with van der Waals surface area (Å²) in [6.45, 7) is 1.67. The van der Waals surface area contributed by atoms with Crippen LogP contribution in [0.5, 0.6) is 5.75 Å². The van der Waals surface area contributed by atoms with Gasteiger partial charge in [-0.3, -0.25) is 9.48 Å².